The van der Waals surface area contributed by atoms with E-state index in [2.05, 4.69) is 15.2 Å². The fraction of sp³-hybridized carbons (Fsp3) is 0.412. The molecule has 3 rings (SSSR count). The molecule has 2 aromatic heterocycles. The van der Waals surface area contributed by atoms with Gasteiger partial charge in [-0.2, -0.15) is 5.26 Å². The van der Waals surface area contributed by atoms with E-state index in [0.717, 1.165) is 25.9 Å². The zero-order chi connectivity index (χ0) is 17.8. The Morgan fingerprint density at radius 2 is 2.12 bits per heavy atom. The molecule has 0 spiro atoms. The third kappa shape index (κ3) is 3.95. The molecule has 0 radical (unpaired) electrons. The molecular weight excluding hydrogens is 322 g/mol. The minimum Gasteiger partial charge on any atom is -0.465 e. The van der Waals surface area contributed by atoms with E-state index in [4.69, 9.17) is 10.4 Å². The highest BCUT2D eigenvalue weighted by molar-refractivity contribution is 5.75. The van der Waals surface area contributed by atoms with Crippen molar-refractivity contribution >= 4 is 17.1 Å². The zero-order valence-electron chi connectivity index (χ0n) is 13.7. The van der Waals surface area contributed by atoms with E-state index in [-0.39, 0.29) is 11.6 Å². The number of hydrogen-bond donors (Lipinski definition) is 2. The van der Waals surface area contributed by atoms with Crippen molar-refractivity contribution in [3.63, 3.8) is 0 Å². The van der Waals surface area contributed by atoms with E-state index in [1.165, 1.54) is 12.3 Å². The predicted molar refractivity (Wildman–Crippen MR) is 91.3 cm³/mol. The largest absolute Gasteiger partial charge is 0.465 e. The van der Waals surface area contributed by atoms with Gasteiger partial charge in [0.25, 0.3) is 5.56 Å². The van der Waals surface area contributed by atoms with E-state index >= 15 is 0 Å². The zero-order valence-corrected chi connectivity index (χ0v) is 13.7. The Morgan fingerprint density at radius 1 is 1.36 bits per heavy atom. The summed E-state index contributed by atoms with van der Waals surface area (Å²) >= 11 is 0. The third-order valence-corrected chi connectivity index (χ3v) is 4.52. The van der Waals surface area contributed by atoms with Crippen molar-refractivity contribution in [2.75, 3.05) is 19.6 Å². The fourth-order valence-electron chi connectivity index (χ4n) is 3.18. The molecule has 0 atom stereocenters. The van der Waals surface area contributed by atoms with Crippen molar-refractivity contribution in [3.8, 4) is 6.07 Å². The number of aromatic nitrogens is 2. The molecule has 1 aliphatic rings. The number of nitriles is 1. The van der Waals surface area contributed by atoms with Crippen molar-refractivity contribution in [1.29, 1.82) is 5.26 Å². The summed E-state index contributed by atoms with van der Waals surface area (Å²) in [7, 11) is 0. The Labute approximate surface area is 144 Å². The number of likely N-dealkylation sites (tertiary alicyclic amines) is 1. The summed E-state index contributed by atoms with van der Waals surface area (Å²) in [5.41, 5.74) is 1.65. The molecule has 130 valence electrons. The molecule has 0 aromatic carbocycles. The van der Waals surface area contributed by atoms with Crippen LogP contribution in [-0.2, 0) is 6.54 Å². The monoisotopic (exact) mass is 341 g/mol. The number of fused-ring (bicyclic) bond motifs is 1. The molecule has 2 N–H and O–H groups in total. The molecule has 0 aliphatic carbocycles. The first-order valence-corrected chi connectivity index (χ1v) is 8.18. The summed E-state index contributed by atoms with van der Waals surface area (Å²) in [4.78, 5) is 29.4. The van der Waals surface area contributed by atoms with E-state index < -0.39 is 6.09 Å². The van der Waals surface area contributed by atoms with Gasteiger partial charge in [-0.15, -0.1) is 0 Å². The number of carboxylic acid groups (broad SMARTS) is 1. The molecule has 2 aromatic rings. The van der Waals surface area contributed by atoms with E-state index in [1.807, 2.05) is 6.07 Å². The summed E-state index contributed by atoms with van der Waals surface area (Å²) in [6.07, 6.45) is 2.03. The number of pyridine rings is 2. The van der Waals surface area contributed by atoms with Crippen molar-refractivity contribution in [2.24, 2.45) is 0 Å². The number of nitrogens with zero attached hydrogens (tertiary/aromatic N) is 4. The lowest BCUT2D eigenvalue weighted by Crippen LogP contribution is -2.45. The average Bonchev–Trinajstić information content (AvgIpc) is 2.61. The van der Waals surface area contributed by atoms with Gasteiger partial charge in [-0.1, -0.05) is 0 Å². The Balaban J connectivity index is 1.70. The molecule has 3 heterocycles. The summed E-state index contributed by atoms with van der Waals surface area (Å²) < 4.78 is 1.64. The van der Waals surface area contributed by atoms with Crippen LogP contribution in [0.1, 0.15) is 18.4 Å². The highest BCUT2D eigenvalue weighted by Crippen LogP contribution is 2.13. The Kier molecular flexibility index (Phi) is 4.95. The number of nitrogens with one attached hydrogen (secondary N) is 1. The SMILES string of the molecule is N#Cc1cnc2ccc(=O)n(CCN3CCC(NC(=O)O)CC3)c2c1. The van der Waals surface area contributed by atoms with Crippen LogP contribution in [0.4, 0.5) is 4.79 Å². The third-order valence-electron chi connectivity index (χ3n) is 4.52. The first-order valence-electron chi connectivity index (χ1n) is 8.18. The number of rotatable bonds is 4. The lowest BCUT2D eigenvalue weighted by Gasteiger charge is -2.31. The average molecular weight is 341 g/mol. The summed E-state index contributed by atoms with van der Waals surface area (Å²) in [5, 5.41) is 20.3. The first kappa shape index (κ1) is 16.9. The summed E-state index contributed by atoms with van der Waals surface area (Å²) in [6, 6.07) is 6.89. The van der Waals surface area contributed by atoms with E-state index in [0.29, 0.717) is 29.7 Å². The number of amides is 1. The predicted octanol–water partition coefficient (Wildman–Crippen LogP) is 1.00. The van der Waals surface area contributed by atoms with Crippen molar-refractivity contribution in [3.05, 3.63) is 40.3 Å². The van der Waals surface area contributed by atoms with Crippen molar-refractivity contribution in [2.45, 2.75) is 25.4 Å². The van der Waals surface area contributed by atoms with Crippen LogP contribution in [0.25, 0.3) is 11.0 Å². The van der Waals surface area contributed by atoms with Crippen LogP contribution < -0.4 is 10.9 Å². The van der Waals surface area contributed by atoms with Crippen LogP contribution >= 0.6 is 0 Å². The molecule has 1 amide bonds. The van der Waals surface area contributed by atoms with Crippen LogP contribution in [0.5, 0.6) is 0 Å². The van der Waals surface area contributed by atoms with Crippen molar-refractivity contribution < 1.29 is 9.90 Å². The van der Waals surface area contributed by atoms with Gasteiger partial charge in [0.05, 0.1) is 16.6 Å². The van der Waals surface area contributed by atoms with Crippen LogP contribution in [0.15, 0.2) is 29.2 Å². The van der Waals surface area contributed by atoms with Crippen LogP contribution in [-0.4, -0.2) is 51.3 Å². The normalized spacial score (nSPS) is 15.8. The van der Waals surface area contributed by atoms with Crippen LogP contribution in [0, 0.1) is 11.3 Å². The summed E-state index contributed by atoms with van der Waals surface area (Å²) in [5.74, 6) is 0. The molecule has 1 aliphatic heterocycles. The van der Waals surface area contributed by atoms with Crippen LogP contribution in [0.2, 0.25) is 0 Å². The molecule has 1 fully saturated rings. The smallest absolute Gasteiger partial charge is 0.404 e. The molecule has 8 heteroatoms. The number of hydrogen-bond acceptors (Lipinski definition) is 5. The second-order valence-corrected chi connectivity index (χ2v) is 6.13. The first-order chi connectivity index (χ1) is 12.1. The quantitative estimate of drug-likeness (QED) is 0.858. The molecule has 0 bridgehead atoms. The maximum Gasteiger partial charge on any atom is 0.404 e. The maximum atomic E-state index is 12.2. The van der Waals surface area contributed by atoms with Gasteiger partial charge in [0.15, 0.2) is 0 Å². The molecule has 0 saturated carbocycles. The minimum absolute atomic E-state index is 0.00332. The van der Waals surface area contributed by atoms with E-state index in [1.54, 1.807) is 16.7 Å². The van der Waals surface area contributed by atoms with Crippen LogP contribution in [0.3, 0.4) is 0 Å². The Hall–Kier alpha value is -2.92. The second-order valence-electron chi connectivity index (χ2n) is 6.13. The molecule has 8 nitrogen and oxygen atoms in total. The maximum absolute atomic E-state index is 12.2. The van der Waals surface area contributed by atoms with Gasteiger partial charge in [0, 0.05) is 44.5 Å². The van der Waals surface area contributed by atoms with Gasteiger partial charge in [-0.3, -0.25) is 9.78 Å². The number of piperidine rings is 1. The van der Waals surface area contributed by atoms with Gasteiger partial charge < -0.3 is 19.9 Å². The lowest BCUT2D eigenvalue weighted by atomic mass is 10.1. The van der Waals surface area contributed by atoms with Gasteiger partial charge in [0.2, 0.25) is 0 Å². The van der Waals surface area contributed by atoms with Gasteiger partial charge in [0.1, 0.15) is 6.07 Å². The Morgan fingerprint density at radius 3 is 2.80 bits per heavy atom. The summed E-state index contributed by atoms with van der Waals surface area (Å²) in [6.45, 7) is 2.76. The van der Waals surface area contributed by atoms with E-state index in [9.17, 15) is 9.59 Å². The topological polar surface area (TPSA) is 111 Å². The highest BCUT2D eigenvalue weighted by atomic mass is 16.4. The Bertz CT molecular complexity index is 878. The lowest BCUT2D eigenvalue weighted by molar-refractivity contribution is 0.166. The molecule has 0 unspecified atom stereocenters. The highest BCUT2D eigenvalue weighted by Gasteiger charge is 2.20. The molecular formula is C17H19N5O3. The molecule has 1 saturated heterocycles. The van der Waals surface area contributed by atoms with Gasteiger partial charge in [-0.25, -0.2) is 4.79 Å². The fourth-order valence-corrected chi connectivity index (χ4v) is 3.18. The van der Waals surface area contributed by atoms with Gasteiger partial charge in [-0.05, 0) is 25.0 Å². The standard InChI is InChI=1S/C17H19N5O3/c18-10-12-9-15-14(19-11-12)1-2-16(23)22(15)8-7-21-5-3-13(4-6-21)20-17(24)25/h1-2,9,11,13,20H,3-8H2,(H,24,25). The van der Waals surface area contributed by atoms with Gasteiger partial charge >= 0.3 is 6.09 Å². The molecule has 25 heavy (non-hydrogen) atoms. The minimum atomic E-state index is -0.985. The van der Waals surface area contributed by atoms with Crippen molar-refractivity contribution in [1.82, 2.24) is 19.8 Å². The second kappa shape index (κ2) is 7.32. The number of carbonyl (C=O) groups is 1.